The van der Waals surface area contributed by atoms with Crippen LogP contribution in [0.3, 0.4) is 0 Å². The summed E-state index contributed by atoms with van der Waals surface area (Å²) in [5, 5.41) is 2.57. The summed E-state index contributed by atoms with van der Waals surface area (Å²) < 4.78 is 10.1. The van der Waals surface area contributed by atoms with Crippen molar-refractivity contribution < 1.29 is 19.1 Å². The molecule has 0 spiro atoms. The van der Waals surface area contributed by atoms with Crippen molar-refractivity contribution in [2.75, 3.05) is 12.4 Å². The summed E-state index contributed by atoms with van der Waals surface area (Å²) in [4.78, 5) is 32.8. The predicted octanol–water partition coefficient (Wildman–Crippen LogP) is 4.68. The van der Waals surface area contributed by atoms with Crippen LogP contribution < -0.4 is 5.32 Å². The van der Waals surface area contributed by atoms with Gasteiger partial charge in [0.2, 0.25) is 0 Å². The van der Waals surface area contributed by atoms with Crippen molar-refractivity contribution in [3.8, 4) is 23.1 Å². The number of hydrogen-bond donors (Lipinski definition) is 1. The summed E-state index contributed by atoms with van der Waals surface area (Å²) in [5.74, 6) is 5.77. The van der Waals surface area contributed by atoms with E-state index in [4.69, 9.17) is 9.47 Å². The third-order valence-corrected chi connectivity index (χ3v) is 4.07. The molecule has 0 saturated heterocycles. The molecule has 1 N–H and O–H groups in total. The molecule has 0 aliphatic rings. The van der Waals surface area contributed by atoms with E-state index < -0.39 is 17.7 Å². The maximum absolute atomic E-state index is 12.2. The van der Waals surface area contributed by atoms with E-state index in [9.17, 15) is 9.59 Å². The Morgan fingerprint density at radius 2 is 1.72 bits per heavy atom. The summed E-state index contributed by atoms with van der Waals surface area (Å²) in [5.41, 5.74) is 2.46. The summed E-state index contributed by atoms with van der Waals surface area (Å²) in [6, 6.07) is 14.1. The van der Waals surface area contributed by atoms with Gasteiger partial charge in [-0.25, -0.2) is 14.6 Å². The zero-order valence-corrected chi connectivity index (χ0v) is 18.3. The van der Waals surface area contributed by atoms with E-state index in [1.807, 2.05) is 36.4 Å². The fourth-order valence-electron chi connectivity index (χ4n) is 2.69. The van der Waals surface area contributed by atoms with E-state index in [0.717, 1.165) is 16.7 Å². The summed E-state index contributed by atoms with van der Waals surface area (Å²) in [7, 11) is 1.29. The number of ether oxygens (including phenoxy) is 2. The number of nitrogens with one attached hydrogen (secondary N) is 1. The Balaban J connectivity index is 1.88. The van der Waals surface area contributed by atoms with Gasteiger partial charge in [-0.15, -0.1) is 0 Å². The largest absolute Gasteiger partial charge is 0.465 e. The van der Waals surface area contributed by atoms with Gasteiger partial charge in [-0.2, -0.15) is 0 Å². The minimum atomic E-state index is -0.668. The van der Waals surface area contributed by atoms with Crippen LogP contribution in [0.2, 0.25) is 0 Å². The third-order valence-electron chi connectivity index (χ3n) is 4.07. The van der Waals surface area contributed by atoms with Crippen LogP contribution in [-0.4, -0.2) is 34.7 Å². The highest BCUT2D eigenvalue weighted by Gasteiger charge is 2.18. The van der Waals surface area contributed by atoms with Crippen LogP contribution in [-0.2, 0) is 9.47 Å². The van der Waals surface area contributed by atoms with Crippen LogP contribution in [0.4, 0.5) is 10.6 Å². The van der Waals surface area contributed by atoms with E-state index in [-0.39, 0.29) is 11.4 Å². The lowest BCUT2D eigenvalue weighted by Crippen LogP contribution is -2.27. The second kappa shape index (κ2) is 9.75. The molecule has 0 aliphatic heterocycles. The molecule has 3 rings (SSSR count). The minimum Gasteiger partial charge on any atom is -0.465 e. The molecular weight excluding hydrogens is 406 g/mol. The highest BCUT2D eigenvalue weighted by molar-refractivity contribution is 5.93. The Morgan fingerprint density at radius 3 is 2.34 bits per heavy atom. The molecule has 162 valence electrons. The molecule has 7 nitrogen and oxygen atoms in total. The molecule has 32 heavy (non-hydrogen) atoms. The van der Waals surface area contributed by atoms with E-state index in [0.29, 0.717) is 5.69 Å². The number of anilines is 1. The number of benzene rings is 1. The fraction of sp³-hybridized carbons (Fsp3) is 0.200. The van der Waals surface area contributed by atoms with Gasteiger partial charge in [-0.3, -0.25) is 10.3 Å². The Bertz CT molecular complexity index is 1170. The first-order chi connectivity index (χ1) is 15.2. The Morgan fingerprint density at radius 1 is 1.00 bits per heavy atom. The second-order valence-electron chi connectivity index (χ2n) is 7.81. The van der Waals surface area contributed by atoms with Gasteiger partial charge in [0.25, 0.3) is 0 Å². The van der Waals surface area contributed by atoms with Gasteiger partial charge in [0.1, 0.15) is 11.4 Å². The number of carbonyl (C=O) groups excluding carboxylic acids is 2. The van der Waals surface area contributed by atoms with Crippen molar-refractivity contribution in [1.82, 2.24) is 9.97 Å². The number of aromatic nitrogens is 2. The molecule has 2 aromatic heterocycles. The van der Waals surface area contributed by atoms with Gasteiger partial charge < -0.3 is 9.47 Å². The quantitative estimate of drug-likeness (QED) is 0.480. The Hall–Kier alpha value is -4.18. The number of amides is 1. The Labute approximate surface area is 186 Å². The molecule has 2 heterocycles. The average Bonchev–Trinajstić information content (AvgIpc) is 2.76. The molecule has 1 aromatic carbocycles. The van der Waals surface area contributed by atoms with Gasteiger partial charge in [0.05, 0.1) is 18.4 Å². The predicted molar refractivity (Wildman–Crippen MR) is 121 cm³/mol. The van der Waals surface area contributed by atoms with Crippen molar-refractivity contribution in [1.29, 1.82) is 0 Å². The highest BCUT2D eigenvalue weighted by Crippen LogP contribution is 2.23. The summed E-state index contributed by atoms with van der Waals surface area (Å²) in [6.45, 7) is 5.28. The number of esters is 1. The van der Waals surface area contributed by atoms with Crippen molar-refractivity contribution in [2.24, 2.45) is 0 Å². The van der Waals surface area contributed by atoms with Crippen LogP contribution >= 0.6 is 0 Å². The number of pyridine rings is 2. The van der Waals surface area contributed by atoms with Crippen LogP contribution in [0.15, 0.2) is 60.9 Å². The highest BCUT2D eigenvalue weighted by atomic mass is 16.6. The van der Waals surface area contributed by atoms with E-state index in [2.05, 4.69) is 27.1 Å². The van der Waals surface area contributed by atoms with Crippen LogP contribution in [0.1, 0.15) is 42.3 Å². The first-order valence-corrected chi connectivity index (χ1v) is 9.86. The van der Waals surface area contributed by atoms with Gasteiger partial charge in [0, 0.05) is 29.1 Å². The zero-order valence-electron chi connectivity index (χ0n) is 18.3. The van der Waals surface area contributed by atoms with Crippen LogP contribution in [0.5, 0.6) is 0 Å². The number of hydrogen-bond acceptors (Lipinski definition) is 6. The fourth-order valence-corrected chi connectivity index (χ4v) is 2.69. The van der Waals surface area contributed by atoms with E-state index >= 15 is 0 Å². The number of rotatable bonds is 3. The molecule has 0 bridgehead atoms. The zero-order chi connectivity index (χ0) is 23.1. The van der Waals surface area contributed by atoms with Crippen LogP contribution in [0.25, 0.3) is 11.3 Å². The summed E-state index contributed by atoms with van der Waals surface area (Å²) >= 11 is 0. The van der Waals surface area contributed by atoms with Crippen molar-refractivity contribution in [3.63, 3.8) is 0 Å². The topological polar surface area (TPSA) is 90.4 Å². The standard InChI is InChI=1S/C25H23N3O4/c1-25(2,3)32-24(30)28-22-15-20(23(29)31-4)14-21(27-22)19-11-9-17(10-12-19)7-8-18-6-5-13-26-16-18/h5-6,9-16H,1-4H3,(H,27,28,30). The van der Waals surface area contributed by atoms with Crippen molar-refractivity contribution in [3.05, 3.63) is 77.6 Å². The molecule has 7 heteroatoms. The molecular formula is C25H23N3O4. The molecule has 0 radical (unpaired) electrons. The normalized spacial score (nSPS) is 10.5. The van der Waals surface area contributed by atoms with Crippen molar-refractivity contribution in [2.45, 2.75) is 26.4 Å². The number of methoxy groups -OCH3 is 1. The lowest BCUT2D eigenvalue weighted by atomic mass is 10.1. The molecule has 3 aromatic rings. The molecule has 0 aliphatic carbocycles. The number of nitrogens with zero attached hydrogens (tertiary/aromatic N) is 2. The molecule has 0 fully saturated rings. The average molecular weight is 429 g/mol. The lowest BCUT2D eigenvalue weighted by molar-refractivity contribution is 0.0596. The molecule has 0 saturated carbocycles. The van der Waals surface area contributed by atoms with Crippen molar-refractivity contribution >= 4 is 17.9 Å². The first-order valence-electron chi connectivity index (χ1n) is 9.86. The van der Waals surface area contributed by atoms with E-state index in [1.54, 1.807) is 39.2 Å². The summed E-state index contributed by atoms with van der Waals surface area (Å²) in [6.07, 6.45) is 2.73. The van der Waals surface area contributed by atoms with Gasteiger partial charge in [0.15, 0.2) is 0 Å². The molecule has 1 amide bonds. The smallest absolute Gasteiger partial charge is 0.413 e. The minimum absolute atomic E-state index is 0.178. The van der Waals surface area contributed by atoms with Gasteiger partial charge >= 0.3 is 12.1 Å². The lowest BCUT2D eigenvalue weighted by Gasteiger charge is -2.19. The van der Waals surface area contributed by atoms with Gasteiger partial charge in [-0.1, -0.05) is 24.0 Å². The number of carbonyl (C=O) groups is 2. The third kappa shape index (κ3) is 6.41. The maximum Gasteiger partial charge on any atom is 0.413 e. The first kappa shape index (κ1) is 22.5. The van der Waals surface area contributed by atoms with Gasteiger partial charge in [-0.05, 0) is 57.2 Å². The monoisotopic (exact) mass is 429 g/mol. The molecule has 0 unspecified atom stereocenters. The van der Waals surface area contributed by atoms with Crippen LogP contribution in [0, 0.1) is 11.8 Å². The Kier molecular flexibility index (Phi) is 6.86. The molecule has 0 atom stereocenters. The maximum atomic E-state index is 12.2. The SMILES string of the molecule is COC(=O)c1cc(NC(=O)OC(C)(C)C)nc(-c2ccc(C#Cc3cccnc3)cc2)c1. The van der Waals surface area contributed by atoms with E-state index in [1.165, 1.54) is 13.2 Å². The second-order valence-corrected chi connectivity index (χ2v) is 7.81.